The Hall–Kier alpha value is -0.780. The number of benzene rings is 1. The number of carbonyl (C=O) groups is 1. The monoisotopic (exact) mass is 386 g/mol. The van der Waals surface area contributed by atoms with Crippen molar-refractivity contribution in [2.75, 3.05) is 19.7 Å². The van der Waals surface area contributed by atoms with Crippen LogP contribution in [-0.4, -0.2) is 42.6 Å². The molecule has 0 saturated carbocycles. The lowest BCUT2D eigenvalue weighted by molar-refractivity contribution is -0.131. The van der Waals surface area contributed by atoms with Gasteiger partial charge in [0.1, 0.15) is 5.75 Å². The maximum absolute atomic E-state index is 12.3. The number of likely N-dealkylation sites (tertiary alicyclic amines) is 1. The van der Waals surface area contributed by atoms with Crippen molar-refractivity contribution in [1.82, 2.24) is 10.2 Å². The lowest BCUT2D eigenvalue weighted by Crippen LogP contribution is -2.39. The van der Waals surface area contributed by atoms with Gasteiger partial charge in [0.15, 0.2) is 0 Å². The lowest BCUT2D eigenvalue weighted by Gasteiger charge is -2.24. The standard InChI is InChI=1S/C16H20BrClN2O2/c17-14-9-11(18)1-4-15(14)22-8-6-16(21)20-7-5-12-2-3-13(10-20)19-12/h1,4,9,12-13,19H,2-3,5-8,10H2. The van der Waals surface area contributed by atoms with Crippen LogP contribution in [0.15, 0.2) is 22.7 Å². The highest BCUT2D eigenvalue weighted by atomic mass is 79.9. The third-order valence-corrected chi connectivity index (χ3v) is 5.20. The molecular formula is C16H20BrClN2O2. The van der Waals surface area contributed by atoms with Gasteiger partial charge in [0.2, 0.25) is 5.91 Å². The van der Waals surface area contributed by atoms with Gasteiger partial charge in [-0.3, -0.25) is 4.79 Å². The van der Waals surface area contributed by atoms with E-state index in [-0.39, 0.29) is 5.91 Å². The maximum atomic E-state index is 12.3. The summed E-state index contributed by atoms with van der Waals surface area (Å²) in [6.07, 6.45) is 3.90. The summed E-state index contributed by atoms with van der Waals surface area (Å²) in [6.45, 7) is 2.08. The normalized spacial score (nSPS) is 24.2. The fourth-order valence-electron chi connectivity index (χ4n) is 3.17. The fourth-order valence-corrected chi connectivity index (χ4v) is 3.97. The quantitative estimate of drug-likeness (QED) is 0.862. The predicted molar refractivity (Wildman–Crippen MR) is 90.4 cm³/mol. The van der Waals surface area contributed by atoms with Gasteiger partial charge in [-0.25, -0.2) is 0 Å². The number of fused-ring (bicyclic) bond motifs is 2. The van der Waals surface area contributed by atoms with Crippen molar-refractivity contribution in [2.24, 2.45) is 0 Å². The Kier molecular flexibility index (Phi) is 5.26. The average Bonchev–Trinajstić information content (AvgIpc) is 2.80. The minimum absolute atomic E-state index is 0.180. The SMILES string of the molecule is O=C(CCOc1ccc(Cl)cc1Br)N1CCC2CCC(C1)N2. The van der Waals surface area contributed by atoms with E-state index in [4.69, 9.17) is 16.3 Å². The molecule has 0 radical (unpaired) electrons. The molecule has 2 aliphatic heterocycles. The number of carbonyl (C=O) groups excluding carboxylic acids is 1. The Balaban J connectivity index is 1.48. The highest BCUT2D eigenvalue weighted by molar-refractivity contribution is 9.10. The molecule has 0 aromatic heterocycles. The van der Waals surface area contributed by atoms with Crippen LogP contribution in [-0.2, 0) is 4.79 Å². The van der Waals surface area contributed by atoms with E-state index in [1.807, 2.05) is 11.0 Å². The van der Waals surface area contributed by atoms with E-state index in [9.17, 15) is 4.79 Å². The third-order valence-electron chi connectivity index (χ3n) is 4.34. The zero-order valence-corrected chi connectivity index (χ0v) is 14.7. The van der Waals surface area contributed by atoms with Gasteiger partial charge < -0.3 is 15.0 Å². The zero-order valence-electron chi connectivity index (χ0n) is 12.4. The number of halogens is 2. The molecule has 0 spiro atoms. The molecule has 1 aromatic carbocycles. The van der Waals surface area contributed by atoms with Gasteiger partial charge in [-0.2, -0.15) is 0 Å². The molecule has 2 saturated heterocycles. The largest absolute Gasteiger partial charge is 0.492 e. The summed E-state index contributed by atoms with van der Waals surface area (Å²) in [6, 6.07) is 6.45. The molecule has 4 nitrogen and oxygen atoms in total. The van der Waals surface area contributed by atoms with Gasteiger partial charge in [0.25, 0.3) is 0 Å². The van der Waals surface area contributed by atoms with Gasteiger partial charge in [-0.1, -0.05) is 11.6 Å². The summed E-state index contributed by atoms with van der Waals surface area (Å²) in [7, 11) is 0. The van der Waals surface area contributed by atoms with Gasteiger partial charge in [0, 0.05) is 30.2 Å². The van der Waals surface area contributed by atoms with Crippen LogP contribution in [0.5, 0.6) is 5.75 Å². The molecule has 3 rings (SSSR count). The Morgan fingerprint density at radius 1 is 1.36 bits per heavy atom. The van der Waals surface area contributed by atoms with Crippen LogP contribution in [0.3, 0.4) is 0 Å². The Bertz CT molecular complexity index is 555. The second-order valence-electron chi connectivity index (χ2n) is 5.94. The number of hydrogen-bond donors (Lipinski definition) is 1. The molecule has 2 fully saturated rings. The van der Waals surface area contributed by atoms with E-state index in [0.717, 1.165) is 24.0 Å². The number of nitrogens with zero attached hydrogens (tertiary/aromatic N) is 1. The first-order chi connectivity index (χ1) is 10.6. The predicted octanol–water partition coefficient (Wildman–Crippen LogP) is 3.22. The van der Waals surface area contributed by atoms with E-state index in [1.165, 1.54) is 12.8 Å². The first-order valence-corrected chi connectivity index (χ1v) is 8.90. The molecule has 2 bridgehead atoms. The van der Waals surface area contributed by atoms with Crippen molar-refractivity contribution in [3.05, 3.63) is 27.7 Å². The second-order valence-corrected chi connectivity index (χ2v) is 7.23. The first kappa shape index (κ1) is 16.1. The van der Waals surface area contributed by atoms with Gasteiger partial charge in [-0.15, -0.1) is 0 Å². The van der Waals surface area contributed by atoms with Crippen molar-refractivity contribution in [2.45, 2.75) is 37.8 Å². The van der Waals surface area contributed by atoms with Crippen molar-refractivity contribution in [3.63, 3.8) is 0 Å². The van der Waals surface area contributed by atoms with Crippen LogP contribution in [0.25, 0.3) is 0 Å². The summed E-state index contributed by atoms with van der Waals surface area (Å²) in [5.74, 6) is 0.897. The Morgan fingerprint density at radius 2 is 2.18 bits per heavy atom. The van der Waals surface area contributed by atoms with Crippen molar-refractivity contribution >= 4 is 33.4 Å². The highest BCUT2D eigenvalue weighted by Crippen LogP contribution is 2.28. The van der Waals surface area contributed by atoms with Crippen LogP contribution in [0.4, 0.5) is 0 Å². The minimum atomic E-state index is 0.180. The summed E-state index contributed by atoms with van der Waals surface area (Å²) in [5.41, 5.74) is 0. The maximum Gasteiger partial charge on any atom is 0.226 e. The van der Waals surface area contributed by atoms with Crippen molar-refractivity contribution < 1.29 is 9.53 Å². The molecule has 22 heavy (non-hydrogen) atoms. The van der Waals surface area contributed by atoms with Crippen LogP contribution >= 0.6 is 27.5 Å². The van der Waals surface area contributed by atoms with E-state index < -0.39 is 0 Å². The minimum Gasteiger partial charge on any atom is -0.492 e. The summed E-state index contributed by atoms with van der Waals surface area (Å²) in [5, 5.41) is 4.24. The van der Waals surface area contributed by atoms with E-state index in [0.29, 0.717) is 35.9 Å². The second kappa shape index (κ2) is 7.20. The molecule has 1 N–H and O–H groups in total. The van der Waals surface area contributed by atoms with E-state index in [2.05, 4.69) is 21.2 Å². The summed E-state index contributed by atoms with van der Waals surface area (Å²) in [4.78, 5) is 14.3. The number of rotatable bonds is 4. The fraction of sp³-hybridized carbons (Fsp3) is 0.562. The van der Waals surface area contributed by atoms with Crippen LogP contribution in [0.1, 0.15) is 25.7 Å². The Morgan fingerprint density at radius 3 is 3.00 bits per heavy atom. The lowest BCUT2D eigenvalue weighted by atomic mass is 10.1. The summed E-state index contributed by atoms with van der Waals surface area (Å²) >= 11 is 9.31. The van der Waals surface area contributed by atoms with Crippen LogP contribution in [0, 0.1) is 0 Å². The van der Waals surface area contributed by atoms with Crippen molar-refractivity contribution in [1.29, 1.82) is 0 Å². The molecule has 6 heteroatoms. The molecule has 2 unspecified atom stereocenters. The Labute approximate surface area is 144 Å². The third kappa shape index (κ3) is 3.94. The molecule has 2 atom stereocenters. The number of ether oxygens (including phenoxy) is 1. The van der Waals surface area contributed by atoms with Gasteiger partial charge in [-0.05, 0) is 53.4 Å². The average molecular weight is 388 g/mol. The first-order valence-electron chi connectivity index (χ1n) is 7.73. The zero-order chi connectivity index (χ0) is 15.5. The smallest absolute Gasteiger partial charge is 0.226 e. The van der Waals surface area contributed by atoms with Crippen LogP contribution in [0.2, 0.25) is 5.02 Å². The number of nitrogens with one attached hydrogen (secondary N) is 1. The number of hydrogen-bond acceptors (Lipinski definition) is 3. The van der Waals surface area contributed by atoms with Crippen LogP contribution < -0.4 is 10.1 Å². The van der Waals surface area contributed by atoms with E-state index in [1.54, 1.807) is 12.1 Å². The van der Waals surface area contributed by atoms with Gasteiger partial charge in [0.05, 0.1) is 17.5 Å². The summed E-state index contributed by atoms with van der Waals surface area (Å²) < 4.78 is 6.49. The van der Waals surface area contributed by atoms with E-state index >= 15 is 0 Å². The molecule has 1 aromatic rings. The van der Waals surface area contributed by atoms with Crippen molar-refractivity contribution in [3.8, 4) is 5.75 Å². The molecule has 2 heterocycles. The molecule has 120 valence electrons. The molecule has 2 aliphatic rings. The molecular weight excluding hydrogens is 368 g/mol. The molecule has 0 aliphatic carbocycles. The number of amides is 1. The topological polar surface area (TPSA) is 41.6 Å². The highest BCUT2D eigenvalue weighted by Gasteiger charge is 2.30. The molecule has 1 amide bonds. The van der Waals surface area contributed by atoms with Gasteiger partial charge >= 0.3 is 0 Å².